The molecule has 0 spiro atoms. The van der Waals surface area contributed by atoms with E-state index in [0.29, 0.717) is 0 Å². The summed E-state index contributed by atoms with van der Waals surface area (Å²) in [5, 5.41) is 9.56. The molecular formula is C19H16N2. The second kappa shape index (κ2) is 4.87. The van der Waals surface area contributed by atoms with Crippen molar-refractivity contribution >= 4 is 5.57 Å². The van der Waals surface area contributed by atoms with Crippen LogP contribution < -0.4 is 0 Å². The maximum Gasteiger partial charge on any atom is 0.0964 e. The fourth-order valence-corrected chi connectivity index (χ4v) is 3.63. The lowest BCUT2D eigenvalue weighted by molar-refractivity contribution is 0.265. The largest absolute Gasteiger partial charge is 0.287 e. The lowest BCUT2D eigenvalue weighted by Crippen LogP contribution is -2.32. The highest BCUT2D eigenvalue weighted by atomic mass is 15.2. The second-order valence-corrected chi connectivity index (χ2v) is 5.69. The van der Waals surface area contributed by atoms with Gasteiger partial charge in [-0.1, -0.05) is 54.6 Å². The lowest BCUT2D eigenvalue weighted by atomic mass is 9.86. The van der Waals surface area contributed by atoms with Crippen LogP contribution in [0.15, 0.2) is 60.2 Å². The molecule has 4 rings (SSSR count). The molecule has 0 radical (unpaired) electrons. The van der Waals surface area contributed by atoms with Crippen molar-refractivity contribution in [1.29, 1.82) is 5.26 Å². The first-order valence-electron chi connectivity index (χ1n) is 7.39. The Balaban J connectivity index is 1.90. The maximum absolute atomic E-state index is 9.56. The normalized spacial score (nSPS) is 20.8. The van der Waals surface area contributed by atoms with Gasteiger partial charge in [-0.15, -0.1) is 0 Å². The van der Waals surface area contributed by atoms with Crippen LogP contribution in [0.2, 0.25) is 0 Å². The number of nitriles is 1. The zero-order valence-electron chi connectivity index (χ0n) is 11.8. The van der Waals surface area contributed by atoms with E-state index in [9.17, 15) is 5.26 Å². The number of nitrogens with zero attached hydrogens (tertiary/aromatic N) is 2. The van der Waals surface area contributed by atoms with Gasteiger partial charge in [0.2, 0.25) is 0 Å². The van der Waals surface area contributed by atoms with E-state index < -0.39 is 0 Å². The standard InChI is InChI=1S/C19H16N2/c20-12-16-13-21-11-10-14-6-4-5-9-17(14)19(21)18(16)15-7-2-1-3-8-15/h1-9,19H,10-11,13H2. The van der Waals surface area contributed by atoms with Crippen LogP contribution in [0.1, 0.15) is 22.7 Å². The molecule has 1 unspecified atom stereocenters. The van der Waals surface area contributed by atoms with Gasteiger partial charge in [0.25, 0.3) is 0 Å². The molecule has 0 bridgehead atoms. The van der Waals surface area contributed by atoms with Crippen molar-refractivity contribution in [1.82, 2.24) is 4.90 Å². The first kappa shape index (κ1) is 12.4. The molecule has 0 aromatic heterocycles. The highest BCUT2D eigenvalue weighted by Gasteiger charge is 2.37. The minimum atomic E-state index is 0.243. The van der Waals surface area contributed by atoms with Crippen molar-refractivity contribution in [3.05, 3.63) is 76.9 Å². The highest BCUT2D eigenvalue weighted by Crippen LogP contribution is 2.45. The molecule has 2 aliphatic heterocycles. The van der Waals surface area contributed by atoms with Crippen LogP contribution in [-0.4, -0.2) is 18.0 Å². The number of hydrogen-bond acceptors (Lipinski definition) is 2. The summed E-state index contributed by atoms with van der Waals surface area (Å²) < 4.78 is 0. The third-order valence-electron chi connectivity index (χ3n) is 4.56. The molecule has 2 nitrogen and oxygen atoms in total. The van der Waals surface area contributed by atoms with Gasteiger partial charge in [0.15, 0.2) is 0 Å². The van der Waals surface area contributed by atoms with Crippen LogP contribution in [0.4, 0.5) is 0 Å². The van der Waals surface area contributed by atoms with E-state index in [1.165, 1.54) is 22.3 Å². The molecule has 0 aliphatic carbocycles. The van der Waals surface area contributed by atoms with Crippen molar-refractivity contribution in [2.24, 2.45) is 0 Å². The molecule has 21 heavy (non-hydrogen) atoms. The van der Waals surface area contributed by atoms with E-state index in [-0.39, 0.29) is 6.04 Å². The number of rotatable bonds is 1. The predicted molar refractivity (Wildman–Crippen MR) is 83.4 cm³/mol. The third kappa shape index (κ3) is 1.90. The maximum atomic E-state index is 9.56. The second-order valence-electron chi connectivity index (χ2n) is 5.69. The van der Waals surface area contributed by atoms with E-state index in [4.69, 9.17) is 0 Å². The van der Waals surface area contributed by atoms with Crippen LogP contribution in [0.3, 0.4) is 0 Å². The third-order valence-corrected chi connectivity index (χ3v) is 4.56. The van der Waals surface area contributed by atoms with Crippen LogP contribution in [-0.2, 0) is 6.42 Å². The zero-order valence-corrected chi connectivity index (χ0v) is 11.8. The average molecular weight is 272 g/mol. The van der Waals surface area contributed by atoms with E-state index in [0.717, 1.165) is 25.1 Å². The summed E-state index contributed by atoms with van der Waals surface area (Å²) in [7, 11) is 0. The zero-order chi connectivity index (χ0) is 14.2. The molecule has 0 N–H and O–H groups in total. The fourth-order valence-electron chi connectivity index (χ4n) is 3.63. The van der Waals surface area contributed by atoms with Gasteiger partial charge in [-0.2, -0.15) is 5.26 Å². The topological polar surface area (TPSA) is 27.0 Å². The van der Waals surface area contributed by atoms with E-state index >= 15 is 0 Å². The SMILES string of the molecule is N#CC1=C(c2ccccc2)C2c3ccccc3CCN2C1. The number of benzene rings is 2. The van der Waals surface area contributed by atoms with Crippen molar-refractivity contribution in [3.8, 4) is 6.07 Å². The molecule has 0 saturated heterocycles. The quantitative estimate of drug-likeness (QED) is 0.793. The summed E-state index contributed by atoms with van der Waals surface area (Å²) >= 11 is 0. The highest BCUT2D eigenvalue weighted by molar-refractivity contribution is 5.79. The molecule has 2 heteroatoms. The van der Waals surface area contributed by atoms with Gasteiger partial charge in [-0.05, 0) is 28.7 Å². The van der Waals surface area contributed by atoms with Crippen molar-refractivity contribution in [2.75, 3.05) is 13.1 Å². The Morgan fingerprint density at radius 1 is 1.00 bits per heavy atom. The number of fused-ring (bicyclic) bond motifs is 3. The predicted octanol–water partition coefficient (Wildman–Crippen LogP) is 3.58. The Kier molecular flexibility index (Phi) is 2.87. The first-order chi connectivity index (χ1) is 10.4. The molecular weight excluding hydrogens is 256 g/mol. The molecule has 102 valence electrons. The van der Waals surface area contributed by atoms with Crippen LogP contribution in [0.25, 0.3) is 5.57 Å². The first-order valence-corrected chi connectivity index (χ1v) is 7.39. The number of hydrogen-bond donors (Lipinski definition) is 0. The van der Waals surface area contributed by atoms with Gasteiger partial charge in [0.1, 0.15) is 0 Å². The molecule has 2 aliphatic rings. The van der Waals surface area contributed by atoms with Crippen LogP contribution >= 0.6 is 0 Å². The van der Waals surface area contributed by atoms with Crippen LogP contribution in [0, 0.1) is 11.3 Å². The van der Waals surface area contributed by atoms with Crippen molar-refractivity contribution in [3.63, 3.8) is 0 Å². The van der Waals surface area contributed by atoms with Gasteiger partial charge in [0.05, 0.1) is 12.1 Å². The monoisotopic (exact) mass is 272 g/mol. The fraction of sp³-hybridized carbons (Fsp3) is 0.211. The molecule has 0 saturated carbocycles. The van der Waals surface area contributed by atoms with E-state index in [2.05, 4.69) is 59.5 Å². The summed E-state index contributed by atoms with van der Waals surface area (Å²) in [5.41, 5.74) is 6.09. The van der Waals surface area contributed by atoms with E-state index in [1.807, 2.05) is 6.07 Å². The lowest BCUT2D eigenvalue weighted by Gasteiger charge is -2.33. The van der Waals surface area contributed by atoms with Gasteiger partial charge < -0.3 is 0 Å². The summed E-state index contributed by atoms with van der Waals surface area (Å²) in [6.07, 6.45) is 1.08. The molecule has 0 fully saturated rings. The summed E-state index contributed by atoms with van der Waals surface area (Å²) in [6.45, 7) is 1.81. The molecule has 2 aromatic rings. The Morgan fingerprint density at radius 3 is 2.57 bits per heavy atom. The average Bonchev–Trinajstić information content (AvgIpc) is 2.94. The Bertz CT molecular complexity index is 753. The molecule has 2 heterocycles. The Hall–Kier alpha value is -2.37. The summed E-state index contributed by atoms with van der Waals surface area (Å²) in [4.78, 5) is 2.43. The van der Waals surface area contributed by atoms with Gasteiger partial charge >= 0.3 is 0 Å². The van der Waals surface area contributed by atoms with Crippen molar-refractivity contribution < 1.29 is 0 Å². The van der Waals surface area contributed by atoms with Crippen LogP contribution in [0.5, 0.6) is 0 Å². The van der Waals surface area contributed by atoms with Gasteiger partial charge in [-0.25, -0.2) is 0 Å². The Labute approximate surface area is 124 Å². The minimum Gasteiger partial charge on any atom is -0.287 e. The summed E-state index contributed by atoms with van der Waals surface area (Å²) in [5.74, 6) is 0. The van der Waals surface area contributed by atoms with Gasteiger partial charge in [-0.3, -0.25) is 4.90 Å². The van der Waals surface area contributed by atoms with Gasteiger partial charge in [0, 0.05) is 18.7 Å². The Morgan fingerprint density at radius 2 is 1.76 bits per heavy atom. The minimum absolute atomic E-state index is 0.243. The molecule has 2 aromatic carbocycles. The summed E-state index contributed by atoms with van der Waals surface area (Å²) in [6, 6.07) is 21.7. The molecule has 0 amide bonds. The van der Waals surface area contributed by atoms with E-state index in [1.54, 1.807) is 0 Å². The molecule has 1 atom stereocenters. The van der Waals surface area contributed by atoms with Crippen molar-refractivity contribution in [2.45, 2.75) is 12.5 Å². The smallest absolute Gasteiger partial charge is 0.0964 e.